The van der Waals surface area contributed by atoms with Crippen LogP contribution in [0.3, 0.4) is 0 Å². The van der Waals surface area contributed by atoms with Gasteiger partial charge in [0.25, 0.3) is 5.91 Å². The van der Waals surface area contributed by atoms with Crippen LogP contribution in [0.1, 0.15) is 58.1 Å². The molecule has 1 aliphatic rings. The van der Waals surface area contributed by atoms with Crippen molar-refractivity contribution >= 4 is 28.3 Å². The number of carbonyl (C=O) groups is 2. The number of aliphatic carboxylic acids is 1. The second-order valence-corrected chi connectivity index (χ2v) is 9.11. The van der Waals surface area contributed by atoms with Crippen molar-refractivity contribution < 1.29 is 14.7 Å². The van der Waals surface area contributed by atoms with Gasteiger partial charge in [0, 0.05) is 18.1 Å². The molecule has 2 N–H and O–H groups in total. The second kappa shape index (κ2) is 10.3. The highest BCUT2D eigenvalue weighted by molar-refractivity contribution is 7.15. The van der Waals surface area contributed by atoms with E-state index in [9.17, 15) is 9.59 Å². The highest BCUT2D eigenvalue weighted by Gasteiger charge is 2.21. The number of nitrogens with one attached hydrogen (secondary N) is 1. The lowest BCUT2D eigenvalue weighted by molar-refractivity contribution is -0.131. The highest BCUT2D eigenvalue weighted by Crippen LogP contribution is 2.36. The van der Waals surface area contributed by atoms with Crippen LogP contribution in [-0.2, 0) is 11.2 Å². The molecule has 32 heavy (non-hydrogen) atoms. The number of nitrogens with zero attached hydrogens (tertiary/aromatic N) is 2. The summed E-state index contributed by atoms with van der Waals surface area (Å²) in [4.78, 5) is 23.3. The molecule has 0 unspecified atom stereocenters. The third kappa shape index (κ3) is 5.88. The molecule has 6 nitrogen and oxygen atoms in total. The SMILES string of the molecule is O=C(O)/C=C/C1CCC(c2ccc(C(=O)Nc3nnc(Cc4ccccc4)s3)cc2)CC1. The zero-order valence-electron chi connectivity index (χ0n) is 17.6. The lowest BCUT2D eigenvalue weighted by Gasteiger charge is -2.27. The molecular weight excluding hydrogens is 422 g/mol. The quantitative estimate of drug-likeness (QED) is 0.480. The average molecular weight is 448 g/mol. The Labute approximate surface area is 191 Å². The number of carbonyl (C=O) groups excluding carboxylic acids is 1. The first-order valence-corrected chi connectivity index (χ1v) is 11.6. The van der Waals surface area contributed by atoms with Gasteiger partial charge in [-0.1, -0.05) is 59.9 Å². The van der Waals surface area contributed by atoms with Crippen molar-refractivity contribution in [1.82, 2.24) is 10.2 Å². The Morgan fingerprint density at radius 1 is 1.00 bits per heavy atom. The zero-order valence-corrected chi connectivity index (χ0v) is 18.4. The molecule has 4 rings (SSSR count). The van der Waals surface area contributed by atoms with Gasteiger partial charge in [0.1, 0.15) is 5.01 Å². The molecule has 1 aliphatic carbocycles. The normalized spacial score (nSPS) is 18.5. The molecule has 7 heteroatoms. The molecule has 0 saturated heterocycles. The lowest BCUT2D eigenvalue weighted by Crippen LogP contribution is -2.14. The van der Waals surface area contributed by atoms with Gasteiger partial charge in [-0.25, -0.2) is 4.79 Å². The van der Waals surface area contributed by atoms with Crippen LogP contribution in [0.25, 0.3) is 0 Å². The summed E-state index contributed by atoms with van der Waals surface area (Å²) in [5.41, 5.74) is 2.97. The molecule has 3 aromatic rings. The van der Waals surface area contributed by atoms with Gasteiger partial charge >= 0.3 is 5.97 Å². The molecule has 0 aliphatic heterocycles. The molecule has 0 atom stereocenters. The van der Waals surface area contributed by atoms with Crippen LogP contribution in [0, 0.1) is 5.92 Å². The number of carboxylic acids is 1. The van der Waals surface area contributed by atoms with Gasteiger partial charge in [0.15, 0.2) is 0 Å². The summed E-state index contributed by atoms with van der Waals surface area (Å²) < 4.78 is 0. The third-order valence-electron chi connectivity index (χ3n) is 5.81. The standard InChI is InChI=1S/C25H25N3O3S/c29-23(30)15-8-17-6-9-19(10-7-17)20-11-13-21(14-12-20)24(31)26-25-28-27-22(32-25)16-18-4-2-1-3-5-18/h1-5,8,11-15,17,19H,6-7,9-10,16H2,(H,29,30)(H,26,28,31)/b15-8+. The predicted molar refractivity (Wildman–Crippen MR) is 125 cm³/mol. The summed E-state index contributed by atoms with van der Waals surface area (Å²) in [6.45, 7) is 0. The summed E-state index contributed by atoms with van der Waals surface area (Å²) in [6, 6.07) is 17.8. The van der Waals surface area contributed by atoms with Crippen LogP contribution in [0.15, 0.2) is 66.7 Å². The number of allylic oxidation sites excluding steroid dienone is 1. The van der Waals surface area contributed by atoms with Crippen LogP contribution in [-0.4, -0.2) is 27.2 Å². The van der Waals surface area contributed by atoms with E-state index in [0.29, 0.717) is 29.0 Å². The van der Waals surface area contributed by atoms with Crippen molar-refractivity contribution in [3.05, 3.63) is 88.4 Å². The Morgan fingerprint density at radius 2 is 1.72 bits per heavy atom. The molecule has 0 radical (unpaired) electrons. The highest BCUT2D eigenvalue weighted by atomic mass is 32.1. The molecular formula is C25H25N3O3S. The Bertz CT molecular complexity index is 1090. The summed E-state index contributed by atoms with van der Waals surface area (Å²) in [7, 11) is 0. The van der Waals surface area contributed by atoms with E-state index < -0.39 is 5.97 Å². The van der Waals surface area contributed by atoms with Crippen molar-refractivity contribution in [2.75, 3.05) is 5.32 Å². The molecule has 164 valence electrons. The van der Waals surface area contributed by atoms with Gasteiger partial charge in [0.2, 0.25) is 5.13 Å². The molecule has 0 spiro atoms. The zero-order chi connectivity index (χ0) is 22.3. The molecule has 1 saturated carbocycles. The summed E-state index contributed by atoms with van der Waals surface area (Å²) >= 11 is 1.39. The first-order chi connectivity index (χ1) is 15.6. The number of benzene rings is 2. The van der Waals surface area contributed by atoms with Crippen molar-refractivity contribution in [3.8, 4) is 0 Å². The Morgan fingerprint density at radius 3 is 2.41 bits per heavy atom. The maximum absolute atomic E-state index is 12.6. The van der Waals surface area contributed by atoms with Gasteiger partial charge in [0.05, 0.1) is 0 Å². The third-order valence-corrected chi connectivity index (χ3v) is 6.65. The van der Waals surface area contributed by atoms with E-state index in [-0.39, 0.29) is 5.91 Å². The maximum atomic E-state index is 12.6. The maximum Gasteiger partial charge on any atom is 0.327 e. The van der Waals surface area contributed by atoms with E-state index in [1.165, 1.54) is 23.0 Å². The molecule has 2 aromatic carbocycles. The molecule has 0 bridgehead atoms. The van der Waals surface area contributed by atoms with E-state index >= 15 is 0 Å². The van der Waals surface area contributed by atoms with Crippen molar-refractivity contribution in [2.24, 2.45) is 5.92 Å². The molecule has 1 fully saturated rings. The van der Waals surface area contributed by atoms with Crippen molar-refractivity contribution in [3.63, 3.8) is 0 Å². The first kappa shape index (κ1) is 21.9. The van der Waals surface area contributed by atoms with E-state index in [1.807, 2.05) is 60.7 Å². The minimum atomic E-state index is -0.887. The second-order valence-electron chi connectivity index (χ2n) is 8.05. The number of rotatable bonds is 7. The number of hydrogen-bond acceptors (Lipinski definition) is 5. The van der Waals surface area contributed by atoms with Crippen molar-refractivity contribution in [1.29, 1.82) is 0 Å². The number of aromatic nitrogens is 2. The fraction of sp³-hybridized carbons (Fsp3) is 0.280. The minimum Gasteiger partial charge on any atom is -0.478 e. The van der Waals surface area contributed by atoms with Crippen LogP contribution < -0.4 is 5.32 Å². The van der Waals surface area contributed by atoms with E-state index in [4.69, 9.17) is 5.11 Å². The fourth-order valence-electron chi connectivity index (χ4n) is 4.09. The van der Waals surface area contributed by atoms with Crippen LogP contribution in [0.4, 0.5) is 5.13 Å². The average Bonchev–Trinajstić information content (AvgIpc) is 3.25. The fourth-order valence-corrected chi connectivity index (χ4v) is 4.85. The van der Waals surface area contributed by atoms with Gasteiger partial charge < -0.3 is 5.11 Å². The molecule has 1 aromatic heterocycles. The number of carboxylic acid groups (broad SMARTS) is 1. The van der Waals surface area contributed by atoms with Gasteiger partial charge in [-0.15, -0.1) is 10.2 Å². The van der Waals surface area contributed by atoms with E-state index in [0.717, 1.165) is 36.3 Å². The smallest absolute Gasteiger partial charge is 0.327 e. The minimum absolute atomic E-state index is 0.193. The summed E-state index contributed by atoms with van der Waals surface area (Å²) in [5.74, 6) is -0.292. The first-order valence-electron chi connectivity index (χ1n) is 10.8. The van der Waals surface area contributed by atoms with Crippen LogP contribution in [0.5, 0.6) is 0 Å². The number of amides is 1. The largest absolute Gasteiger partial charge is 0.478 e. The molecule has 1 heterocycles. The Balaban J connectivity index is 1.31. The van der Waals surface area contributed by atoms with E-state index in [1.54, 1.807) is 0 Å². The summed E-state index contributed by atoms with van der Waals surface area (Å²) in [6.07, 6.45) is 7.77. The van der Waals surface area contributed by atoms with E-state index in [2.05, 4.69) is 15.5 Å². The number of anilines is 1. The van der Waals surface area contributed by atoms with Crippen LogP contribution >= 0.6 is 11.3 Å². The van der Waals surface area contributed by atoms with Crippen molar-refractivity contribution in [2.45, 2.75) is 38.0 Å². The van der Waals surface area contributed by atoms with Gasteiger partial charge in [-0.2, -0.15) is 0 Å². The lowest BCUT2D eigenvalue weighted by atomic mass is 9.78. The van der Waals surface area contributed by atoms with Gasteiger partial charge in [-0.05, 0) is 60.8 Å². The topological polar surface area (TPSA) is 92.2 Å². The molecule has 1 amide bonds. The predicted octanol–water partition coefficient (Wildman–Crippen LogP) is 5.30. The number of hydrogen-bond donors (Lipinski definition) is 2. The monoisotopic (exact) mass is 447 g/mol. The van der Waals surface area contributed by atoms with Crippen LogP contribution in [0.2, 0.25) is 0 Å². The van der Waals surface area contributed by atoms with Gasteiger partial charge in [-0.3, -0.25) is 10.1 Å². The summed E-state index contributed by atoms with van der Waals surface area (Å²) in [5, 5.41) is 21.2. The Kier molecular flexibility index (Phi) is 7.07. The Hall–Kier alpha value is -3.32.